The maximum atomic E-state index is 12.0. The van der Waals surface area contributed by atoms with E-state index in [1.807, 2.05) is 6.07 Å². The van der Waals surface area contributed by atoms with Crippen LogP contribution in [0.4, 0.5) is 5.69 Å². The van der Waals surface area contributed by atoms with Crippen molar-refractivity contribution in [1.82, 2.24) is 4.90 Å². The van der Waals surface area contributed by atoms with E-state index in [4.69, 9.17) is 16.9 Å². The van der Waals surface area contributed by atoms with Gasteiger partial charge in [0.25, 0.3) is 5.91 Å². The molecule has 5 nitrogen and oxygen atoms in total. The number of likely N-dealkylation sites (N-methyl/N-ethyl adjacent to an activating group) is 1. The molecule has 1 aromatic carbocycles. The van der Waals surface area contributed by atoms with Crippen molar-refractivity contribution >= 4 is 29.1 Å². The van der Waals surface area contributed by atoms with Gasteiger partial charge in [-0.2, -0.15) is 5.26 Å². The van der Waals surface area contributed by atoms with Gasteiger partial charge in [-0.3, -0.25) is 14.5 Å². The summed E-state index contributed by atoms with van der Waals surface area (Å²) in [6.45, 7) is 0. The first-order valence-corrected chi connectivity index (χ1v) is 6.17. The van der Waals surface area contributed by atoms with Gasteiger partial charge in [0.2, 0.25) is 5.91 Å². The summed E-state index contributed by atoms with van der Waals surface area (Å²) >= 11 is 5.88. The lowest BCUT2D eigenvalue weighted by Crippen LogP contribution is -2.48. The van der Waals surface area contributed by atoms with Gasteiger partial charge in [-0.05, 0) is 24.6 Å². The number of nitrogens with zero attached hydrogens (tertiary/aromatic N) is 2. The summed E-state index contributed by atoms with van der Waals surface area (Å²) in [4.78, 5) is 24.4. The molecule has 19 heavy (non-hydrogen) atoms. The molecule has 6 heteroatoms. The van der Waals surface area contributed by atoms with Crippen molar-refractivity contribution < 1.29 is 9.59 Å². The van der Waals surface area contributed by atoms with Gasteiger partial charge in [-0.15, -0.1) is 0 Å². The Morgan fingerprint density at radius 1 is 1.47 bits per heavy atom. The molecular formula is C13H12ClN3O2. The smallest absolute Gasteiger partial charge is 0.251 e. The van der Waals surface area contributed by atoms with E-state index in [2.05, 4.69) is 5.32 Å². The fourth-order valence-electron chi connectivity index (χ4n) is 1.97. The number of nitrogens with one attached hydrogen (secondary N) is 1. The lowest BCUT2D eigenvalue weighted by Gasteiger charge is -2.29. The normalized spacial score (nSPS) is 19.2. The molecule has 1 saturated heterocycles. The summed E-state index contributed by atoms with van der Waals surface area (Å²) in [6.07, 6.45) is 0.724. The summed E-state index contributed by atoms with van der Waals surface area (Å²) in [5, 5.41) is 12.5. The van der Waals surface area contributed by atoms with E-state index in [0.717, 1.165) is 4.90 Å². The highest BCUT2D eigenvalue weighted by Crippen LogP contribution is 2.23. The van der Waals surface area contributed by atoms with Gasteiger partial charge in [0.05, 0.1) is 11.3 Å². The summed E-state index contributed by atoms with van der Waals surface area (Å²) in [5.41, 5.74) is 0.924. The molecular weight excluding hydrogens is 266 g/mol. The molecule has 1 unspecified atom stereocenters. The van der Waals surface area contributed by atoms with Gasteiger partial charge >= 0.3 is 0 Å². The van der Waals surface area contributed by atoms with Gasteiger partial charge in [0, 0.05) is 18.5 Å². The van der Waals surface area contributed by atoms with Crippen molar-refractivity contribution in [3.8, 4) is 6.07 Å². The van der Waals surface area contributed by atoms with Crippen LogP contribution in [0.1, 0.15) is 18.4 Å². The molecule has 2 amide bonds. The number of hydrogen-bond acceptors (Lipinski definition) is 4. The van der Waals surface area contributed by atoms with Crippen LogP contribution in [-0.2, 0) is 9.59 Å². The standard InChI is InChI=1S/C13H12ClN3O2/c1-17-12(18)5-4-10(13(17)19)16-11-6-9(14)3-2-8(11)7-15/h2-3,6,10,16H,4-5H2,1H3. The number of rotatable bonds is 2. The Bertz CT molecular complexity index is 580. The third-order valence-electron chi connectivity index (χ3n) is 3.08. The lowest BCUT2D eigenvalue weighted by atomic mass is 10.0. The number of imide groups is 1. The van der Waals surface area contributed by atoms with Crippen molar-refractivity contribution in [3.63, 3.8) is 0 Å². The summed E-state index contributed by atoms with van der Waals surface area (Å²) in [7, 11) is 1.46. The largest absolute Gasteiger partial charge is 0.373 e. The number of piperidine rings is 1. The number of likely N-dealkylation sites (tertiary alicyclic amines) is 1. The quantitative estimate of drug-likeness (QED) is 0.836. The predicted octanol–water partition coefficient (Wildman–Crippen LogP) is 1.77. The highest BCUT2D eigenvalue weighted by molar-refractivity contribution is 6.30. The van der Waals surface area contributed by atoms with Crippen LogP contribution in [0.5, 0.6) is 0 Å². The number of carbonyl (C=O) groups is 2. The van der Waals surface area contributed by atoms with Crippen molar-refractivity contribution in [2.45, 2.75) is 18.9 Å². The number of anilines is 1. The second-order valence-electron chi connectivity index (χ2n) is 4.33. The molecule has 1 fully saturated rings. The minimum absolute atomic E-state index is 0.186. The molecule has 1 heterocycles. The van der Waals surface area contributed by atoms with E-state index in [1.165, 1.54) is 7.05 Å². The van der Waals surface area contributed by atoms with Crippen molar-refractivity contribution in [2.75, 3.05) is 12.4 Å². The van der Waals surface area contributed by atoms with Gasteiger partial charge in [-0.1, -0.05) is 11.6 Å². The Hall–Kier alpha value is -2.06. The Kier molecular flexibility index (Phi) is 3.72. The van der Waals surface area contributed by atoms with Crippen molar-refractivity contribution in [1.29, 1.82) is 5.26 Å². The molecule has 1 aliphatic heterocycles. The van der Waals surface area contributed by atoms with E-state index in [1.54, 1.807) is 18.2 Å². The average molecular weight is 278 g/mol. The Morgan fingerprint density at radius 2 is 2.21 bits per heavy atom. The van der Waals surface area contributed by atoms with Crippen LogP contribution in [0.15, 0.2) is 18.2 Å². The maximum Gasteiger partial charge on any atom is 0.251 e. The number of halogens is 1. The minimum atomic E-state index is -0.506. The van der Waals surface area contributed by atoms with Gasteiger partial charge in [0.1, 0.15) is 12.1 Å². The molecule has 1 aromatic rings. The molecule has 1 atom stereocenters. The van der Waals surface area contributed by atoms with Crippen LogP contribution >= 0.6 is 11.6 Å². The summed E-state index contributed by atoms with van der Waals surface area (Å²) < 4.78 is 0. The monoisotopic (exact) mass is 277 g/mol. The molecule has 0 saturated carbocycles. The SMILES string of the molecule is CN1C(=O)CCC(Nc2cc(Cl)ccc2C#N)C1=O. The third kappa shape index (κ3) is 2.69. The molecule has 98 valence electrons. The number of nitriles is 1. The van der Waals surface area contributed by atoms with E-state index in [9.17, 15) is 9.59 Å². The number of amides is 2. The fourth-order valence-corrected chi connectivity index (χ4v) is 2.14. The van der Waals surface area contributed by atoms with Gasteiger partial charge in [-0.25, -0.2) is 0 Å². The Balaban J connectivity index is 2.22. The first-order valence-electron chi connectivity index (χ1n) is 5.79. The lowest BCUT2D eigenvalue weighted by molar-refractivity contribution is -0.146. The van der Waals surface area contributed by atoms with Crippen LogP contribution < -0.4 is 5.32 Å². The molecule has 2 rings (SSSR count). The zero-order valence-corrected chi connectivity index (χ0v) is 11.1. The number of benzene rings is 1. The van der Waals surface area contributed by atoms with Crippen LogP contribution in [0.25, 0.3) is 0 Å². The zero-order chi connectivity index (χ0) is 14.0. The molecule has 1 N–H and O–H groups in total. The molecule has 0 spiro atoms. The second-order valence-corrected chi connectivity index (χ2v) is 4.76. The highest BCUT2D eigenvalue weighted by Gasteiger charge is 2.31. The van der Waals surface area contributed by atoms with Gasteiger partial charge < -0.3 is 5.32 Å². The Labute approximate surface area is 115 Å². The van der Waals surface area contributed by atoms with Gasteiger partial charge in [0.15, 0.2) is 0 Å². The van der Waals surface area contributed by atoms with Crippen molar-refractivity contribution in [3.05, 3.63) is 28.8 Å². The topological polar surface area (TPSA) is 73.2 Å². The zero-order valence-electron chi connectivity index (χ0n) is 10.3. The van der Waals surface area contributed by atoms with E-state index >= 15 is 0 Å². The van der Waals surface area contributed by atoms with Crippen LogP contribution in [0.3, 0.4) is 0 Å². The van der Waals surface area contributed by atoms with E-state index in [-0.39, 0.29) is 11.8 Å². The minimum Gasteiger partial charge on any atom is -0.373 e. The van der Waals surface area contributed by atoms with Crippen LogP contribution in [-0.4, -0.2) is 29.8 Å². The molecule has 0 radical (unpaired) electrons. The number of hydrogen-bond donors (Lipinski definition) is 1. The van der Waals surface area contributed by atoms with Crippen LogP contribution in [0, 0.1) is 11.3 Å². The maximum absolute atomic E-state index is 12.0. The molecule has 1 aliphatic rings. The molecule has 0 aliphatic carbocycles. The first kappa shape index (κ1) is 13.4. The number of carbonyl (C=O) groups excluding carboxylic acids is 2. The van der Waals surface area contributed by atoms with E-state index < -0.39 is 6.04 Å². The van der Waals surface area contributed by atoms with Crippen LogP contribution in [0.2, 0.25) is 5.02 Å². The third-order valence-corrected chi connectivity index (χ3v) is 3.32. The Morgan fingerprint density at radius 3 is 2.89 bits per heavy atom. The molecule has 0 aromatic heterocycles. The highest BCUT2D eigenvalue weighted by atomic mass is 35.5. The second kappa shape index (κ2) is 5.29. The first-order chi connectivity index (χ1) is 9.02. The summed E-state index contributed by atoms with van der Waals surface area (Å²) in [5.74, 6) is -0.477. The summed E-state index contributed by atoms with van der Waals surface area (Å²) in [6, 6.07) is 6.33. The van der Waals surface area contributed by atoms with Crippen molar-refractivity contribution in [2.24, 2.45) is 0 Å². The molecule has 0 bridgehead atoms. The predicted molar refractivity (Wildman–Crippen MR) is 70.6 cm³/mol. The average Bonchev–Trinajstić information content (AvgIpc) is 2.40. The fraction of sp³-hybridized carbons (Fsp3) is 0.308. The van der Waals surface area contributed by atoms with E-state index in [0.29, 0.717) is 29.1 Å².